The first-order valence-electron chi connectivity index (χ1n) is 4.98. The highest BCUT2D eigenvalue weighted by Crippen LogP contribution is 2.39. The molecule has 0 bridgehead atoms. The van der Waals surface area contributed by atoms with Gasteiger partial charge in [-0.15, -0.1) is 0 Å². The van der Waals surface area contributed by atoms with Crippen molar-refractivity contribution >= 4 is 5.97 Å². The first-order valence-corrected chi connectivity index (χ1v) is 4.98. The van der Waals surface area contributed by atoms with E-state index in [1.165, 1.54) is 6.42 Å². The molecule has 14 heavy (non-hydrogen) atoms. The van der Waals surface area contributed by atoms with Crippen LogP contribution in [0.3, 0.4) is 0 Å². The first-order chi connectivity index (χ1) is 6.79. The second-order valence-electron chi connectivity index (χ2n) is 3.84. The molecule has 0 spiro atoms. The van der Waals surface area contributed by atoms with Crippen LogP contribution in [0.1, 0.15) is 30.7 Å². The van der Waals surface area contributed by atoms with Gasteiger partial charge in [-0.2, -0.15) is 0 Å². The average Bonchev–Trinajstić information content (AvgIpc) is 2.12. The Hall–Kier alpha value is -1.31. The van der Waals surface area contributed by atoms with Gasteiger partial charge in [-0.05, 0) is 30.4 Å². The first kappa shape index (κ1) is 9.25. The van der Waals surface area contributed by atoms with Gasteiger partial charge in [0.25, 0.3) is 0 Å². The van der Waals surface area contributed by atoms with E-state index in [4.69, 9.17) is 5.11 Å². The van der Waals surface area contributed by atoms with Crippen molar-refractivity contribution in [1.82, 2.24) is 0 Å². The summed E-state index contributed by atoms with van der Waals surface area (Å²) in [6, 6.07) is 10.2. The van der Waals surface area contributed by atoms with Crippen LogP contribution >= 0.6 is 0 Å². The summed E-state index contributed by atoms with van der Waals surface area (Å²) < 4.78 is 0. The fourth-order valence-corrected chi connectivity index (χ4v) is 2.00. The van der Waals surface area contributed by atoms with Crippen LogP contribution < -0.4 is 0 Å². The van der Waals surface area contributed by atoms with E-state index >= 15 is 0 Å². The number of carbonyl (C=O) groups is 1. The molecule has 2 nitrogen and oxygen atoms in total. The zero-order chi connectivity index (χ0) is 9.97. The second kappa shape index (κ2) is 3.82. The van der Waals surface area contributed by atoms with Crippen LogP contribution in [0.5, 0.6) is 0 Å². The molecule has 0 aliphatic heterocycles. The van der Waals surface area contributed by atoms with Crippen molar-refractivity contribution in [2.75, 3.05) is 0 Å². The summed E-state index contributed by atoms with van der Waals surface area (Å²) in [5.41, 5.74) is 0.918. The van der Waals surface area contributed by atoms with Gasteiger partial charge >= 0.3 is 5.97 Å². The molecule has 1 saturated carbocycles. The fraction of sp³-hybridized carbons (Fsp3) is 0.417. The number of hydrogen-bond donors (Lipinski definition) is 1. The maximum Gasteiger partial charge on any atom is 0.311 e. The van der Waals surface area contributed by atoms with Crippen LogP contribution in [-0.2, 0) is 4.79 Å². The van der Waals surface area contributed by atoms with Gasteiger partial charge in [0, 0.05) is 0 Å². The molecule has 1 unspecified atom stereocenters. The van der Waals surface area contributed by atoms with Crippen molar-refractivity contribution in [2.24, 2.45) is 5.92 Å². The van der Waals surface area contributed by atoms with E-state index in [9.17, 15) is 4.79 Å². The highest BCUT2D eigenvalue weighted by Gasteiger charge is 2.33. The van der Waals surface area contributed by atoms with Gasteiger partial charge in [0.2, 0.25) is 0 Å². The molecule has 1 aliphatic rings. The summed E-state index contributed by atoms with van der Waals surface area (Å²) in [5.74, 6) is -0.658. The Morgan fingerprint density at radius 1 is 1.43 bits per heavy atom. The molecule has 1 radical (unpaired) electrons. The number of carboxylic acid groups (broad SMARTS) is 1. The molecule has 0 saturated heterocycles. The van der Waals surface area contributed by atoms with Crippen LogP contribution in [0, 0.1) is 12.0 Å². The lowest BCUT2D eigenvalue weighted by atomic mass is 9.73. The largest absolute Gasteiger partial charge is 0.481 e. The van der Waals surface area contributed by atoms with E-state index in [-0.39, 0.29) is 5.92 Å². The highest BCUT2D eigenvalue weighted by molar-refractivity contribution is 5.76. The number of hydrogen-bond acceptors (Lipinski definition) is 1. The number of rotatable bonds is 3. The number of benzene rings is 1. The maximum absolute atomic E-state index is 11.1. The van der Waals surface area contributed by atoms with Crippen molar-refractivity contribution < 1.29 is 9.90 Å². The summed E-state index contributed by atoms with van der Waals surface area (Å²) in [7, 11) is 0. The van der Waals surface area contributed by atoms with Gasteiger partial charge in [0.15, 0.2) is 0 Å². The molecular weight excluding hydrogens is 176 g/mol. The Balaban J connectivity index is 2.22. The summed E-state index contributed by atoms with van der Waals surface area (Å²) in [6.45, 7) is 0. The third-order valence-corrected chi connectivity index (χ3v) is 2.99. The molecule has 1 N–H and O–H groups in total. The van der Waals surface area contributed by atoms with E-state index < -0.39 is 5.97 Å². The topological polar surface area (TPSA) is 37.3 Å². The minimum absolute atomic E-state index is 0.307. The Kier molecular flexibility index (Phi) is 2.53. The normalized spacial score (nSPS) is 18.6. The van der Waals surface area contributed by atoms with Gasteiger partial charge < -0.3 is 5.11 Å². The van der Waals surface area contributed by atoms with Crippen molar-refractivity contribution in [3.63, 3.8) is 0 Å². The molecule has 1 aromatic rings. The minimum atomic E-state index is -0.694. The summed E-state index contributed by atoms with van der Waals surface area (Å²) in [5, 5.41) is 9.15. The van der Waals surface area contributed by atoms with E-state index in [1.54, 1.807) is 12.1 Å². The van der Waals surface area contributed by atoms with Crippen LogP contribution in [0.4, 0.5) is 0 Å². The SMILES string of the molecule is O=C(O)C(c1cc[c]cc1)C1CCC1. The summed E-state index contributed by atoms with van der Waals surface area (Å²) >= 11 is 0. The van der Waals surface area contributed by atoms with Gasteiger partial charge in [0.1, 0.15) is 0 Å². The van der Waals surface area contributed by atoms with E-state index in [0.29, 0.717) is 5.92 Å². The Labute approximate surface area is 83.6 Å². The molecule has 1 aromatic carbocycles. The van der Waals surface area contributed by atoms with Crippen molar-refractivity contribution in [2.45, 2.75) is 25.2 Å². The van der Waals surface area contributed by atoms with Crippen molar-refractivity contribution in [3.8, 4) is 0 Å². The summed E-state index contributed by atoms with van der Waals surface area (Å²) in [6.07, 6.45) is 3.28. The quantitative estimate of drug-likeness (QED) is 0.793. The summed E-state index contributed by atoms with van der Waals surface area (Å²) in [4.78, 5) is 11.1. The molecule has 1 aliphatic carbocycles. The zero-order valence-corrected chi connectivity index (χ0v) is 7.94. The van der Waals surface area contributed by atoms with Gasteiger partial charge in [-0.3, -0.25) is 4.79 Å². The molecule has 0 aromatic heterocycles. The Bertz CT molecular complexity index is 314. The van der Waals surface area contributed by atoms with Crippen LogP contribution in [0.25, 0.3) is 0 Å². The lowest BCUT2D eigenvalue weighted by Gasteiger charge is -2.31. The Morgan fingerprint density at radius 3 is 2.50 bits per heavy atom. The monoisotopic (exact) mass is 189 g/mol. The second-order valence-corrected chi connectivity index (χ2v) is 3.84. The number of carboxylic acids is 1. The third-order valence-electron chi connectivity index (χ3n) is 2.99. The fourth-order valence-electron chi connectivity index (χ4n) is 2.00. The molecule has 1 fully saturated rings. The molecule has 0 heterocycles. The molecule has 2 heteroatoms. The van der Waals surface area contributed by atoms with Crippen LogP contribution in [-0.4, -0.2) is 11.1 Å². The predicted molar refractivity (Wildman–Crippen MR) is 53.0 cm³/mol. The standard InChI is InChI=1S/C12H13O2/c13-12(14)11(10-7-4-8-10)9-5-2-1-3-6-9/h2-3,5-6,10-11H,4,7-8H2,(H,13,14). The third kappa shape index (κ3) is 1.65. The predicted octanol–water partition coefficient (Wildman–Crippen LogP) is 2.46. The zero-order valence-electron chi connectivity index (χ0n) is 7.94. The van der Waals surface area contributed by atoms with Crippen LogP contribution in [0.15, 0.2) is 24.3 Å². The smallest absolute Gasteiger partial charge is 0.311 e. The van der Waals surface area contributed by atoms with E-state index in [2.05, 4.69) is 6.07 Å². The van der Waals surface area contributed by atoms with Crippen molar-refractivity contribution in [3.05, 3.63) is 35.9 Å². The highest BCUT2D eigenvalue weighted by atomic mass is 16.4. The minimum Gasteiger partial charge on any atom is -0.481 e. The average molecular weight is 189 g/mol. The molecule has 0 amide bonds. The maximum atomic E-state index is 11.1. The van der Waals surface area contributed by atoms with Crippen molar-refractivity contribution in [1.29, 1.82) is 0 Å². The molecule has 2 rings (SSSR count). The van der Waals surface area contributed by atoms with Gasteiger partial charge in [0.05, 0.1) is 5.92 Å². The Morgan fingerprint density at radius 2 is 2.07 bits per heavy atom. The van der Waals surface area contributed by atoms with Gasteiger partial charge in [-0.25, -0.2) is 0 Å². The molecule has 73 valence electrons. The lowest BCUT2D eigenvalue weighted by molar-refractivity contribution is -0.141. The van der Waals surface area contributed by atoms with E-state index in [0.717, 1.165) is 18.4 Å². The van der Waals surface area contributed by atoms with E-state index in [1.807, 2.05) is 12.1 Å². The van der Waals surface area contributed by atoms with Gasteiger partial charge in [-0.1, -0.05) is 30.7 Å². The van der Waals surface area contributed by atoms with Crippen LogP contribution in [0.2, 0.25) is 0 Å². The lowest BCUT2D eigenvalue weighted by Crippen LogP contribution is -2.26. The number of aliphatic carboxylic acids is 1. The molecule has 1 atom stereocenters. The molecular formula is C12H13O2.